The van der Waals surface area contributed by atoms with E-state index in [0.717, 1.165) is 6.07 Å². The quantitative estimate of drug-likeness (QED) is 0.651. The predicted molar refractivity (Wildman–Crippen MR) is 69.3 cm³/mol. The summed E-state index contributed by atoms with van der Waals surface area (Å²) in [5.41, 5.74) is 0.314. The molecule has 1 heterocycles. The Balaban J connectivity index is 2.23. The van der Waals surface area contributed by atoms with E-state index in [4.69, 9.17) is 5.11 Å². The second kappa shape index (κ2) is 5.20. The van der Waals surface area contributed by atoms with Crippen LogP contribution in [0.2, 0.25) is 0 Å². The number of non-ortho nitro benzene ring substituents is 1. The highest BCUT2D eigenvalue weighted by Crippen LogP contribution is 2.35. The van der Waals surface area contributed by atoms with Crippen molar-refractivity contribution < 1.29 is 23.2 Å². The van der Waals surface area contributed by atoms with Gasteiger partial charge in [-0.1, -0.05) is 6.07 Å². The zero-order valence-electron chi connectivity index (χ0n) is 10.5. The number of carboxylic acid groups (broad SMARTS) is 1. The van der Waals surface area contributed by atoms with Gasteiger partial charge in [-0.15, -0.1) is 0 Å². The minimum atomic E-state index is -3.60. The summed E-state index contributed by atoms with van der Waals surface area (Å²) >= 11 is 0. The standard InChI is InChI=1S/C12H13NO6S/c14-12(15)3-1-2-10-6-8-4-5-9(13(16)17)7-11(8)20(10,18)19/h4-5,7,10H,1-3,6H2,(H,14,15). The predicted octanol–water partition coefficient (Wildman–Crippen LogP) is 1.55. The van der Waals surface area contributed by atoms with Gasteiger partial charge in [-0.25, -0.2) is 8.42 Å². The van der Waals surface area contributed by atoms with Crippen LogP contribution >= 0.6 is 0 Å². The van der Waals surface area contributed by atoms with Gasteiger partial charge in [-0.3, -0.25) is 14.9 Å². The third-order valence-corrected chi connectivity index (χ3v) is 5.64. The van der Waals surface area contributed by atoms with Gasteiger partial charge in [0, 0.05) is 18.6 Å². The number of carbonyl (C=O) groups is 1. The molecule has 7 nitrogen and oxygen atoms in total. The average Bonchev–Trinajstić information content (AvgIpc) is 2.60. The number of carboxylic acids is 1. The third kappa shape index (κ3) is 2.64. The number of nitrogens with zero attached hydrogens (tertiary/aromatic N) is 1. The molecule has 0 saturated heterocycles. The van der Waals surface area contributed by atoms with Crippen LogP contribution in [0.15, 0.2) is 23.1 Å². The van der Waals surface area contributed by atoms with Crippen molar-refractivity contribution in [2.75, 3.05) is 0 Å². The van der Waals surface area contributed by atoms with Gasteiger partial charge in [0.25, 0.3) is 5.69 Å². The molecule has 0 amide bonds. The molecule has 0 fully saturated rings. The monoisotopic (exact) mass is 299 g/mol. The van der Waals surface area contributed by atoms with E-state index in [1.807, 2.05) is 0 Å². The molecular formula is C12H13NO6S. The van der Waals surface area contributed by atoms with Crippen molar-refractivity contribution in [3.63, 3.8) is 0 Å². The number of fused-ring (bicyclic) bond motifs is 1. The number of nitro groups is 1. The Morgan fingerprint density at radius 2 is 2.15 bits per heavy atom. The van der Waals surface area contributed by atoms with E-state index in [1.165, 1.54) is 12.1 Å². The highest BCUT2D eigenvalue weighted by atomic mass is 32.2. The van der Waals surface area contributed by atoms with Gasteiger partial charge in [-0.05, 0) is 24.8 Å². The topological polar surface area (TPSA) is 115 Å². The molecule has 108 valence electrons. The van der Waals surface area contributed by atoms with Crippen LogP contribution in [0.4, 0.5) is 5.69 Å². The van der Waals surface area contributed by atoms with Gasteiger partial charge in [0.2, 0.25) is 0 Å². The molecule has 0 saturated carbocycles. The number of aliphatic carboxylic acids is 1. The number of benzene rings is 1. The Morgan fingerprint density at radius 3 is 2.75 bits per heavy atom. The Labute approximate surface area is 115 Å². The minimum absolute atomic E-state index is 0.00650. The molecule has 0 aliphatic carbocycles. The minimum Gasteiger partial charge on any atom is -0.481 e. The summed E-state index contributed by atoms with van der Waals surface area (Å²) in [6.07, 6.45) is 0.726. The van der Waals surface area contributed by atoms with E-state index < -0.39 is 26.0 Å². The first-order chi connectivity index (χ1) is 9.32. The highest BCUT2D eigenvalue weighted by molar-refractivity contribution is 7.92. The fourth-order valence-electron chi connectivity index (χ4n) is 2.36. The van der Waals surface area contributed by atoms with Crippen LogP contribution in [0, 0.1) is 10.1 Å². The highest BCUT2D eigenvalue weighted by Gasteiger charge is 2.37. The van der Waals surface area contributed by atoms with Crippen LogP contribution in [-0.2, 0) is 21.1 Å². The molecule has 0 radical (unpaired) electrons. The molecule has 8 heteroatoms. The molecule has 0 aromatic heterocycles. The molecule has 1 N–H and O–H groups in total. The lowest BCUT2D eigenvalue weighted by atomic mass is 10.1. The first kappa shape index (κ1) is 14.4. The van der Waals surface area contributed by atoms with Crippen molar-refractivity contribution in [3.8, 4) is 0 Å². The number of rotatable bonds is 5. The molecule has 1 unspecified atom stereocenters. The van der Waals surface area contributed by atoms with E-state index in [9.17, 15) is 23.3 Å². The van der Waals surface area contributed by atoms with Gasteiger partial charge in [-0.2, -0.15) is 0 Å². The van der Waals surface area contributed by atoms with Crippen LogP contribution in [0.25, 0.3) is 0 Å². The summed E-state index contributed by atoms with van der Waals surface area (Å²) in [5, 5.41) is 18.6. The lowest BCUT2D eigenvalue weighted by Gasteiger charge is -2.07. The van der Waals surface area contributed by atoms with Crippen molar-refractivity contribution >= 4 is 21.5 Å². The van der Waals surface area contributed by atoms with E-state index in [0.29, 0.717) is 5.56 Å². The molecule has 1 atom stereocenters. The molecule has 1 aliphatic heterocycles. The van der Waals surface area contributed by atoms with E-state index in [-0.39, 0.29) is 36.3 Å². The van der Waals surface area contributed by atoms with Gasteiger partial charge in [0.1, 0.15) is 0 Å². The molecule has 1 aliphatic rings. The molecule has 1 aromatic carbocycles. The second-order valence-electron chi connectivity index (χ2n) is 4.71. The van der Waals surface area contributed by atoms with Crippen molar-refractivity contribution in [3.05, 3.63) is 33.9 Å². The SMILES string of the molecule is O=C(O)CCCC1Cc2ccc([N+](=O)[O-])cc2S1(=O)=O. The number of nitro benzene ring substituents is 1. The number of hydrogen-bond acceptors (Lipinski definition) is 5. The maximum atomic E-state index is 12.3. The lowest BCUT2D eigenvalue weighted by molar-refractivity contribution is -0.385. The van der Waals surface area contributed by atoms with Crippen LogP contribution in [0.5, 0.6) is 0 Å². The summed E-state index contributed by atoms with van der Waals surface area (Å²) in [7, 11) is -3.60. The first-order valence-corrected chi connectivity index (χ1v) is 7.60. The molecule has 0 spiro atoms. The van der Waals surface area contributed by atoms with Crippen LogP contribution in [0.1, 0.15) is 24.8 Å². The van der Waals surface area contributed by atoms with Crippen molar-refractivity contribution in [2.45, 2.75) is 35.8 Å². The summed E-state index contributed by atoms with van der Waals surface area (Å²) in [5.74, 6) is -0.964. The summed E-state index contributed by atoms with van der Waals surface area (Å²) < 4.78 is 24.5. The Bertz CT molecular complexity index is 667. The molecule has 1 aromatic rings. The van der Waals surface area contributed by atoms with Crippen molar-refractivity contribution in [1.29, 1.82) is 0 Å². The maximum Gasteiger partial charge on any atom is 0.303 e. The van der Waals surface area contributed by atoms with E-state index >= 15 is 0 Å². The lowest BCUT2D eigenvalue weighted by Crippen LogP contribution is -2.17. The molecular weight excluding hydrogens is 286 g/mol. The zero-order chi connectivity index (χ0) is 14.9. The summed E-state index contributed by atoms with van der Waals surface area (Å²) in [4.78, 5) is 20.5. The smallest absolute Gasteiger partial charge is 0.303 e. The van der Waals surface area contributed by atoms with E-state index in [1.54, 1.807) is 0 Å². The van der Waals surface area contributed by atoms with Gasteiger partial charge in [0.15, 0.2) is 9.84 Å². The van der Waals surface area contributed by atoms with Crippen molar-refractivity contribution in [1.82, 2.24) is 0 Å². The number of hydrogen-bond donors (Lipinski definition) is 1. The molecule has 0 bridgehead atoms. The Kier molecular flexibility index (Phi) is 3.76. The van der Waals surface area contributed by atoms with Crippen LogP contribution in [0.3, 0.4) is 0 Å². The fraction of sp³-hybridized carbons (Fsp3) is 0.417. The Hall–Kier alpha value is -1.96. The zero-order valence-corrected chi connectivity index (χ0v) is 11.3. The van der Waals surface area contributed by atoms with Gasteiger partial charge < -0.3 is 5.11 Å². The summed E-state index contributed by atoms with van der Waals surface area (Å²) in [6, 6.07) is 3.83. The largest absolute Gasteiger partial charge is 0.481 e. The average molecular weight is 299 g/mol. The van der Waals surface area contributed by atoms with Gasteiger partial charge >= 0.3 is 5.97 Å². The van der Waals surface area contributed by atoms with E-state index in [2.05, 4.69) is 0 Å². The van der Waals surface area contributed by atoms with Crippen molar-refractivity contribution in [2.24, 2.45) is 0 Å². The van der Waals surface area contributed by atoms with Gasteiger partial charge in [0.05, 0.1) is 15.1 Å². The fourth-order valence-corrected chi connectivity index (χ4v) is 4.40. The summed E-state index contributed by atoms with van der Waals surface area (Å²) in [6.45, 7) is 0. The first-order valence-electron chi connectivity index (χ1n) is 6.05. The normalized spacial score (nSPS) is 19.5. The maximum absolute atomic E-state index is 12.3. The molecule has 2 rings (SSSR count). The third-order valence-electron chi connectivity index (χ3n) is 3.37. The van der Waals surface area contributed by atoms with Crippen LogP contribution in [-0.4, -0.2) is 29.7 Å². The second-order valence-corrected chi connectivity index (χ2v) is 6.90. The Morgan fingerprint density at radius 1 is 1.45 bits per heavy atom. The number of sulfone groups is 1. The molecule has 20 heavy (non-hydrogen) atoms. The van der Waals surface area contributed by atoms with Crippen LogP contribution < -0.4 is 0 Å².